The Kier molecular flexibility index (Phi) is 5.75. The van der Waals surface area contributed by atoms with Gasteiger partial charge in [0, 0.05) is 5.38 Å². The minimum Gasteiger partial charge on any atom is -0.482 e. The molecule has 0 amide bonds. The number of ether oxygens (including phenoxy) is 2. The van der Waals surface area contributed by atoms with Crippen LogP contribution in [-0.4, -0.2) is 17.6 Å². The van der Waals surface area contributed by atoms with Crippen molar-refractivity contribution in [3.63, 3.8) is 0 Å². The number of rotatable bonds is 7. The number of carbonyl (C=O) groups excluding carboxylic acids is 1. The van der Waals surface area contributed by atoms with Gasteiger partial charge in [-0.05, 0) is 24.5 Å². The predicted octanol–water partition coefficient (Wildman–Crippen LogP) is 3.39. The van der Waals surface area contributed by atoms with Gasteiger partial charge in [-0.15, -0.1) is 11.3 Å². The molecule has 112 valence electrons. The molecule has 1 aromatic carbocycles. The van der Waals surface area contributed by atoms with Crippen molar-refractivity contribution >= 4 is 17.3 Å². The van der Waals surface area contributed by atoms with Gasteiger partial charge in [-0.25, -0.2) is 9.78 Å². The van der Waals surface area contributed by atoms with E-state index >= 15 is 0 Å². The number of hydrogen-bond acceptors (Lipinski definition) is 5. The molecule has 0 saturated carbocycles. The minimum atomic E-state index is -0.382. The molecule has 0 unspecified atom stereocenters. The molecule has 0 aliphatic carbocycles. The van der Waals surface area contributed by atoms with Gasteiger partial charge in [0.2, 0.25) is 0 Å². The van der Waals surface area contributed by atoms with E-state index in [4.69, 9.17) is 9.47 Å². The van der Waals surface area contributed by atoms with E-state index in [0.717, 1.165) is 34.9 Å². The smallest absolute Gasteiger partial charge is 0.344 e. The van der Waals surface area contributed by atoms with Crippen molar-refractivity contribution in [2.45, 2.75) is 33.3 Å². The second-order valence-electron chi connectivity index (χ2n) is 4.50. The van der Waals surface area contributed by atoms with E-state index in [1.54, 1.807) is 11.3 Å². The van der Waals surface area contributed by atoms with Crippen LogP contribution < -0.4 is 4.74 Å². The van der Waals surface area contributed by atoms with Crippen LogP contribution in [0.2, 0.25) is 0 Å². The minimum absolute atomic E-state index is 0.0816. The summed E-state index contributed by atoms with van der Waals surface area (Å²) in [6.07, 6.45) is 1.76. The van der Waals surface area contributed by atoms with Crippen LogP contribution in [0.5, 0.6) is 5.75 Å². The van der Waals surface area contributed by atoms with E-state index in [0.29, 0.717) is 0 Å². The molecule has 0 fully saturated rings. The third-order valence-corrected chi connectivity index (χ3v) is 4.02. The van der Waals surface area contributed by atoms with Crippen molar-refractivity contribution in [1.29, 1.82) is 0 Å². The average molecular weight is 305 g/mol. The maximum absolute atomic E-state index is 11.7. The summed E-state index contributed by atoms with van der Waals surface area (Å²) in [5.41, 5.74) is 1.87. The number of thiazole rings is 1. The SMILES string of the molecule is CCc1nc(COC(=O)COc2ccccc2CC)cs1. The van der Waals surface area contributed by atoms with Crippen LogP contribution in [0.3, 0.4) is 0 Å². The van der Waals surface area contributed by atoms with Crippen molar-refractivity contribution in [2.24, 2.45) is 0 Å². The first-order valence-electron chi connectivity index (χ1n) is 7.02. The van der Waals surface area contributed by atoms with Crippen molar-refractivity contribution < 1.29 is 14.3 Å². The second-order valence-corrected chi connectivity index (χ2v) is 5.44. The van der Waals surface area contributed by atoms with Gasteiger partial charge in [0.1, 0.15) is 12.4 Å². The molecule has 0 aliphatic rings. The molecule has 4 nitrogen and oxygen atoms in total. The highest BCUT2D eigenvalue weighted by Crippen LogP contribution is 2.18. The first-order valence-corrected chi connectivity index (χ1v) is 7.90. The van der Waals surface area contributed by atoms with E-state index < -0.39 is 0 Å². The van der Waals surface area contributed by atoms with E-state index in [1.807, 2.05) is 43.5 Å². The molecule has 0 N–H and O–H groups in total. The number of nitrogens with zero attached hydrogens (tertiary/aromatic N) is 1. The lowest BCUT2D eigenvalue weighted by Gasteiger charge is -2.09. The fourth-order valence-electron chi connectivity index (χ4n) is 1.85. The largest absolute Gasteiger partial charge is 0.482 e. The summed E-state index contributed by atoms with van der Waals surface area (Å²) in [5, 5.41) is 2.97. The molecule has 0 spiro atoms. The number of benzene rings is 1. The molecule has 2 aromatic rings. The van der Waals surface area contributed by atoms with Crippen LogP contribution in [0.1, 0.15) is 30.1 Å². The highest BCUT2D eigenvalue weighted by molar-refractivity contribution is 7.09. The number of para-hydroxylation sites is 1. The maximum atomic E-state index is 11.7. The number of hydrogen-bond donors (Lipinski definition) is 0. The van der Waals surface area contributed by atoms with E-state index in [2.05, 4.69) is 4.98 Å². The zero-order chi connectivity index (χ0) is 15.1. The van der Waals surface area contributed by atoms with Gasteiger partial charge in [-0.3, -0.25) is 0 Å². The van der Waals surface area contributed by atoms with E-state index in [9.17, 15) is 4.79 Å². The van der Waals surface area contributed by atoms with Crippen molar-refractivity contribution in [1.82, 2.24) is 4.98 Å². The lowest BCUT2D eigenvalue weighted by atomic mass is 10.1. The molecule has 0 atom stereocenters. The van der Waals surface area contributed by atoms with Gasteiger partial charge in [-0.2, -0.15) is 0 Å². The Hall–Kier alpha value is -1.88. The van der Waals surface area contributed by atoms with Gasteiger partial charge < -0.3 is 9.47 Å². The fraction of sp³-hybridized carbons (Fsp3) is 0.375. The average Bonchev–Trinajstić information content (AvgIpc) is 2.99. The highest BCUT2D eigenvalue weighted by atomic mass is 32.1. The van der Waals surface area contributed by atoms with Gasteiger partial charge in [0.25, 0.3) is 0 Å². The summed E-state index contributed by atoms with van der Waals surface area (Å²) in [6.45, 7) is 4.22. The lowest BCUT2D eigenvalue weighted by molar-refractivity contribution is -0.147. The van der Waals surface area contributed by atoms with Crippen LogP contribution in [0, 0.1) is 0 Å². The molecule has 5 heteroatoms. The normalized spacial score (nSPS) is 10.4. The summed E-state index contributed by atoms with van der Waals surface area (Å²) < 4.78 is 10.7. The van der Waals surface area contributed by atoms with Crippen molar-refractivity contribution in [3.8, 4) is 5.75 Å². The zero-order valence-electron chi connectivity index (χ0n) is 12.3. The van der Waals surface area contributed by atoms with E-state index in [1.165, 1.54) is 0 Å². The lowest BCUT2D eigenvalue weighted by Crippen LogP contribution is -2.15. The van der Waals surface area contributed by atoms with Crippen LogP contribution in [0.25, 0.3) is 0 Å². The third-order valence-electron chi connectivity index (χ3n) is 2.98. The molecule has 1 heterocycles. The Morgan fingerprint density at radius 1 is 1.24 bits per heavy atom. The van der Waals surface area contributed by atoms with Crippen LogP contribution in [-0.2, 0) is 29.0 Å². The first kappa shape index (κ1) is 15.5. The van der Waals surface area contributed by atoms with Crippen LogP contribution in [0.4, 0.5) is 0 Å². The van der Waals surface area contributed by atoms with Crippen molar-refractivity contribution in [2.75, 3.05) is 6.61 Å². The molecule has 0 radical (unpaired) electrons. The van der Waals surface area contributed by atoms with Crippen LogP contribution in [0.15, 0.2) is 29.6 Å². The molecular weight excluding hydrogens is 286 g/mol. The molecule has 0 bridgehead atoms. The number of aromatic nitrogens is 1. The predicted molar refractivity (Wildman–Crippen MR) is 82.6 cm³/mol. The van der Waals surface area contributed by atoms with Gasteiger partial charge >= 0.3 is 5.97 Å². The quantitative estimate of drug-likeness (QED) is 0.736. The van der Waals surface area contributed by atoms with E-state index in [-0.39, 0.29) is 19.2 Å². The Morgan fingerprint density at radius 2 is 2.05 bits per heavy atom. The zero-order valence-corrected chi connectivity index (χ0v) is 13.1. The second kappa shape index (κ2) is 7.78. The summed E-state index contributed by atoms with van der Waals surface area (Å²) in [7, 11) is 0. The maximum Gasteiger partial charge on any atom is 0.344 e. The fourth-order valence-corrected chi connectivity index (χ4v) is 2.58. The molecule has 2 rings (SSSR count). The standard InChI is InChI=1S/C16H19NO3S/c1-3-12-7-5-6-8-14(12)19-10-16(18)20-9-13-11-21-15(4-2)17-13/h5-8,11H,3-4,9-10H2,1-2H3. The van der Waals surface area contributed by atoms with Crippen molar-refractivity contribution in [3.05, 3.63) is 45.9 Å². The van der Waals surface area contributed by atoms with Crippen LogP contribution >= 0.6 is 11.3 Å². The summed E-state index contributed by atoms with van der Waals surface area (Å²) in [5.74, 6) is 0.353. The Bertz CT molecular complexity index is 595. The number of aryl methyl sites for hydroxylation is 2. The van der Waals surface area contributed by atoms with Gasteiger partial charge in [0.15, 0.2) is 6.61 Å². The number of carbonyl (C=O) groups is 1. The van der Waals surface area contributed by atoms with Gasteiger partial charge in [-0.1, -0.05) is 32.0 Å². The molecule has 1 aromatic heterocycles. The summed E-state index contributed by atoms with van der Waals surface area (Å²) in [4.78, 5) is 16.0. The first-order chi connectivity index (χ1) is 10.2. The molecule has 0 saturated heterocycles. The molecular formula is C16H19NO3S. The Morgan fingerprint density at radius 3 is 2.76 bits per heavy atom. The highest BCUT2D eigenvalue weighted by Gasteiger charge is 2.08. The van der Waals surface area contributed by atoms with Gasteiger partial charge in [0.05, 0.1) is 10.7 Å². The Balaban J connectivity index is 1.79. The summed E-state index contributed by atoms with van der Waals surface area (Å²) in [6, 6.07) is 7.70. The molecule has 0 aliphatic heterocycles. The monoisotopic (exact) mass is 305 g/mol. The third kappa shape index (κ3) is 4.56. The Labute approximate surface area is 128 Å². The topological polar surface area (TPSA) is 48.4 Å². The summed E-state index contributed by atoms with van der Waals surface area (Å²) >= 11 is 1.58. The number of esters is 1. The molecule has 21 heavy (non-hydrogen) atoms.